The van der Waals surface area contributed by atoms with Crippen LogP contribution in [-0.4, -0.2) is 16.8 Å². The van der Waals surface area contributed by atoms with Crippen LogP contribution in [0, 0.1) is 25.5 Å². The zero-order valence-electron chi connectivity index (χ0n) is 12.2. The Bertz CT molecular complexity index is 600. The lowest BCUT2D eigenvalue weighted by molar-refractivity contribution is 0.528. The van der Waals surface area contributed by atoms with Crippen LogP contribution in [0.5, 0.6) is 0 Å². The fourth-order valence-electron chi connectivity index (χ4n) is 2.47. The maximum atomic E-state index is 13.7. The van der Waals surface area contributed by atoms with Gasteiger partial charge in [-0.1, -0.05) is 6.07 Å². The Hall–Kier alpha value is -1.75. The third-order valence-corrected chi connectivity index (χ3v) is 3.67. The Morgan fingerprint density at radius 3 is 2.40 bits per heavy atom. The van der Waals surface area contributed by atoms with Gasteiger partial charge in [0.2, 0.25) is 0 Å². The minimum atomic E-state index is -0.541. The zero-order chi connectivity index (χ0) is 14.9. The van der Waals surface area contributed by atoms with E-state index in [9.17, 15) is 8.78 Å². The molecule has 108 valence electrons. The molecule has 0 amide bonds. The van der Waals surface area contributed by atoms with Crippen LogP contribution in [-0.2, 0) is 6.54 Å². The second-order valence-electron chi connectivity index (χ2n) is 4.95. The first-order valence-electron chi connectivity index (χ1n) is 6.59. The van der Waals surface area contributed by atoms with Crippen molar-refractivity contribution in [2.24, 2.45) is 0 Å². The summed E-state index contributed by atoms with van der Waals surface area (Å²) in [5.74, 6) is -1.08. The minimum absolute atomic E-state index is 0.0433. The molecule has 1 unspecified atom stereocenters. The quantitative estimate of drug-likeness (QED) is 0.932. The Morgan fingerprint density at radius 1 is 1.25 bits per heavy atom. The maximum absolute atomic E-state index is 13.7. The third-order valence-electron chi connectivity index (χ3n) is 3.67. The molecule has 20 heavy (non-hydrogen) atoms. The smallest absolute Gasteiger partial charge is 0.131 e. The number of rotatable bonds is 4. The Morgan fingerprint density at radius 2 is 1.85 bits per heavy atom. The average Bonchev–Trinajstić information content (AvgIpc) is 2.68. The van der Waals surface area contributed by atoms with Crippen LogP contribution in [0.4, 0.5) is 8.78 Å². The number of nitrogens with zero attached hydrogens (tertiary/aromatic N) is 2. The Balaban J connectivity index is 2.40. The summed E-state index contributed by atoms with van der Waals surface area (Å²) in [6.45, 7) is 5.96. The van der Waals surface area contributed by atoms with Gasteiger partial charge in [-0.05, 0) is 40.0 Å². The lowest BCUT2D eigenvalue weighted by Crippen LogP contribution is -2.14. The highest BCUT2D eigenvalue weighted by molar-refractivity contribution is 5.29. The monoisotopic (exact) mass is 279 g/mol. The molecule has 2 aromatic rings. The van der Waals surface area contributed by atoms with Crippen molar-refractivity contribution >= 4 is 0 Å². The van der Waals surface area contributed by atoms with Gasteiger partial charge < -0.3 is 5.32 Å². The molecular weight excluding hydrogens is 260 g/mol. The van der Waals surface area contributed by atoms with E-state index in [4.69, 9.17) is 0 Å². The van der Waals surface area contributed by atoms with Gasteiger partial charge >= 0.3 is 0 Å². The van der Waals surface area contributed by atoms with Gasteiger partial charge in [0, 0.05) is 22.9 Å². The van der Waals surface area contributed by atoms with Crippen molar-refractivity contribution in [2.75, 3.05) is 7.05 Å². The molecule has 1 heterocycles. The van der Waals surface area contributed by atoms with Crippen LogP contribution in [0.25, 0.3) is 0 Å². The van der Waals surface area contributed by atoms with Crippen LogP contribution < -0.4 is 5.32 Å². The lowest BCUT2D eigenvalue weighted by atomic mass is 10.1. The molecule has 1 N–H and O–H groups in total. The third kappa shape index (κ3) is 2.58. The van der Waals surface area contributed by atoms with Crippen molar-refractivity contribution < 1.29 is 8.78 Å². The fraction of sp³-hybridized carbons (Fsp3) is 0.400. The van der Waals surface area contributed by atoms with Gasteiger partial charge in [-0.2, -0.15) is 5.10 Å². The molecule has 1 aromatic carbocycles. The SMILES string of the molecule is CNC(C)c1c(C)nn(Cc2c(F)cccc2F)c1C. The van der Waals surface area contributed by atoms with E-state index in [1.807, 2.05) is 27.8 Å². The summed E-state index contributed by atoms with van der Waals surface area (Å²) in [5, 5.41) is 7.56. The summed E-state index contributed by atoms with van der Waals surface area (Å²) >= 11 is 0. The van der Waals surface area contributed by atoms with Gasteiger partial charge in [-0.15, -0.1) is 0 Å². The van der Waals surface area contributed by atoms with Crippen LogP contribution in [0.2, 0.25) is 0 Å². The van der Waals surface area contributed by atoms with Crippen molar-refractivity contribution in [2.45, 2.75) is 33.4 Å². The molecule has 0 aliphatic carbocycles. The Kier molecular flexibility index (Phi) is 4.18. The molecule has 0 saturated heterocycles. The van der Waals surface area contributed by atoms with Crippen LogP contribution in [0.1, 0.15) is 35.5 Å². The highest BCUT2D eigenvalue weighted by Crippen LogP contribution is 2.22. The Labute approximate surface area is 117 Å². The normalized spacial score (nSPS) is 12.7. The number of nitrogens with one attached hydrogen (secondary N) is 1. The predicted molar refractivity (Wildman–Crippen MR) is 74.6 cm³/mol. The summed E-state index contributed by atoms with van der Waals surface area (Å²) in [5.41, 5.74) is 2.92. The minimum Gasteiger partial charge on any atom is -0.313 e. The molecule has 2 rings (SSSR count). The highest BCUT2D eigenvalue weighted by Gasteiger charge is 2.18. The maximum Gasteiger partial charge on any atom is 0.131 e. The first kappa shape index (κ1) is 14.7. The van der Waals surface area contributed by atoms with Crippen LogP contribution in [0.3, 0.4) is 0 Å². The predicted octanol–water partition coefficient (Wildman–Crippen LogP) is 3.11. The lowest BCUT2D eigenvalue weighted by Gasteiger charge is -2.12. The largest absolute Gasteiger partial charge is 0.313 e. The van der Waals surface area contributed by atoms with Gasteiger partial charge in [-0.3, -0.25) is 4.68 Å². The summed E-state index contributed by atoms with van der Waals surface area (Å²) < 4.78 is 29.1. The van der Waals surface area contributed by atoms with E-state index in [0.29, 0.717) is 0 Å². The number of hydrogen-bond donors (Lipinski definition) is 1. The standard InChI is InChI=1S/C15H19F2N3/c1-9(18-4)15-10(2)19-20(11(15)3)8-12-13(16)6-5-7-14(12)17/h5-7,9,18H,8H2,1-4H3. The van der Waals surface area contributed by atoms with E-state index in [-0.39, 0.29) is 18.2 Å². The van der Waals surface area contributed by atoms with Gasteiger partial charge in [0.15, 0.2) is 0 Å². The molecule has 5 heteroatoms. The van der Waals surface area contributed by atoms with Crippen LogP contribution in [0.15, 0.2) is 18.2 Å². The number of aromatic nitrogens is 2. The number of halogens is 2. The fourth-order valence-corrected chi connectivity index (χ4v) is 2.47. The molecule has 0 saturated carbocycles. The summed E-state index contributed by atoms with van der Waals surface area (Å²) in [4.78, 5) is 0. The number of benzene rings is 1. The second kappa shape index (κ2) is 5.71. The second-order valence-corrected chi connectivity index (χ2v) is 4.95. The van der Waals surface area contributed by atoms with Gasteiger partial charge in [0.05, 0.1) is 12.2 Å². The molecule has 3 nitrogen and oxygen atoms in total. The molecule has 0 spiro atoms. The molecule has 1 aromatic heterocycles. The van der Waals surface area contributed by atoms with Crippen LogP contribution >= 0.6 is 0 Å². The number of hydrogen-bond acceptors (Lipinski definition) is 2. The molecule has 0 aliphatic rings. The molecule has 1 atom stereocenters. The van der Waals surface area contributed by atoms with E-state index in [2.05, 4.69) is 10.4 Å². The average molecular weight is 279 g/mol. The van der Waals surface area contributed by atoms with E-state index in [0.717, 1.165) is 17.0 Å². The van der Waals surface area contributed by atoms with Crippen molar-refractivity contribution in [3.63, 3.8) is 0 Å². The van der Waals surface area contributed by atoms with E-state index >= 15 is 0 Å². The molecule has 0 fully saturated rings. The van der Waals surface area contributed by atoms with Gasteiger partial charge in [0.25, 0.3) is 0 Å². The molecular formula is C15H19F2N3. The number of aryl methyl sites for hydroxylation is 1. The first-order valence-corrected chi connectivity index (χ1v) is 6.59. The van der Waals surface area contributed by atoms with E-state index in [1.165, 1.54) is 18.2 Å². The van der Waals surface area contributed by atoms with Gasteiger partial charge in [-0.25, -0.2) is 8.78 Å². The topological polar surface area (TPSA) is 29.9 Å². The molecule has 0 radical (unpaired) electrons. The summed E-state index contributed by atoms with van der Waals surface area (Å²) in [6.07, 6.45) is 0. The summed E-state index contributed by atoms with van der Waals surface area (Å²) in [6, 6.07) is 4.04. The molecule has 0 bridgehead atoms. The molecule has 0 aliphatic heterocycles. The van der Waals surface area contributed by atoms with Crippen molar-refractivity contribution in [3.8, 4) is 0 Å². The van der Waals surface area contributed by atoms with Crippen molar-refractivity contribution in [1.29, 1.82) is 0 Å². The van der Waals surface area contributed by atoms with E-state index < -0.39 is 11.6 Å². The highest BCUT2D eigenvalue weighted by atomic mass is 19.1. The summed E-state index contributed by atoms with van der Waals surface area (Å²) in [7, 11) is 1.87. The van der Waals surface area contributed by atoms with Gasteiger partial charge in [0.1, 0.15) is 11.6 Å². The van der Waals surface area contributed by atoms with Crippen molar-refractivity contribution in [3.05, 3.63) is 52.3 Å². The first-order chi connectivity index (χ1) is 9.45. The van der Waals surface area contributed by atoms with E-state index in [1.54, 1.807) is 4.68 Å². The zero-order valence-corrected chi connectivity index (χ0v) is 12.2. The van der Waals surface area contributed by atoms with Crippen molar-refractivity contribution in [1.82, 2.24) is 15.1 Å².